The second kappa shape index (κ2) is 4.65. The Bertz CT molecular complexity index is 413. The summed E-state index contributed by atoms with van der Waals surface area (Å²) in [5.74, 6) is 0.0613. The zero-order valence-corrected chi connectivity index (χ0v) is 9.80. The number of hydrogen-bond donors (Lipinski definition) is 2. The highest BCUT2D eigenvalue weighted by molar-refractivity contribution is 7.80. The molecule has 1 unspecified atom stereocenters. The maximum atomic E-state index is 11.9. The fraction of sp³-hybridized carbons (Fsp3) is 0.455. The van der Waals surface area contributed by atoms with Crippen molar-refractivity contribution in [3.63, 3.8) is 0 Å². The van der Waals surface area contributed by atoms with E-state index in [9.17, 15) is 4.79 Å². The van der Waals surface area contributed by atoms with E-state index >= 15 is 0 Å². The SMILES string of the molecule is NC(=S)c1cccn1C1CCCCNC1=O. The first-order chi connectivity index (χ1) is 7.70. The summed E-state index contributed by atoms with van der Waals surface area (Å²) in [6.07, 6.45) is 4.78. The molecule has 16 heavy (non-hydrogen) atoms. The van der Waals surface area contributed by atoms with Crippen molar-refractivity contribution in [3.8, 4) is 0 Å². The van der Waals surface area contributed by atoms with Crippen LogP contribution in [0.2, 0.25) is 0 Å². The Balaban J connectivity index is 2.30. The quantitative estimate of drug-likeness (QED) is 0.753. The van der Waals surface area contributed by atoms with Gasteiger partial charge in [-0.05, 0) is 31.4 Å². The average molecular weight is 237 g/mol. The molecule has 5 heteroatoms. The van der Waals surface area contributed by atoms with Crippen LogP contribution in [0.4, 0.5) is 0 Å². The number of carbonyl (C=O) groups is 1. The molecule has 1 aliphatic heterocycles. The third-order valence-electron chi connectivity index (χ3n) is 2.87. The van der Waals surface area contributed by atoms with Gasteiger partial charge in [0.2, 0.25) is 5.91 Å². The largest absolute Gasteiger partial charge is 0.388 e. The molecule has 1 fully saturated rings. The summed E-state index contributed by atoms with van der Waals surface area (Å²) < 4.78 is 1.88. The number of rotatable bonds is 2. The molecule has 1 aromatic heterocycles. The van der Waals surface area contributed by atoms with Crippen LogP contribution in [0.25, 0.3) is 0 Å². The lowest BCUT2D eigenvalue weighted by Crippen LogP contribution is -2.32. The number of nitrogens with zero attached hydrogens (tertiary/aromatic N) is 1. The summed E-state index contributed by atoms with van der Waals surface area (Å²) in [5, 5.41) is 2.91. The molecule has 86 valence electrons. The van der Waals surface area contributed by atoms with E-state index in [0.29, 0.717) is 4.99 Å². The third-order valence-corrected chi connectivity index (χ3v) is 3.08. The van der Waals surface area contributed by atoms with Crippen molar-refractivity contribution < 1.29 is 4.79 Å². The number of aromatic nitrogens is 1. The number of nitrogens with two attached hydrogens (primary N) is 1. The third kappa shape index (κ3) is 2.09. The van der Waals surface area contributed by atoms with Crippen molar-refractivity contribution in [3.05, 3.63) is 24.0 Å². The van der Waals surface area contributed by atoms with Crippen LogP contribution in [-0.4, -0.2) is 22.0 Å². The highest BCUT2D eigenvalue weighted by Gasteiger charge is 2.23. The molecule has 4 nitrogen and oxygen atoms in total. The highest BCUT2D eigenvalue weighted by Crippen LogP contribution is 2.20. The van der Waals surface area contributed by atoms with Crippen LogP contribution in [0, 0.1) is 0 Å². The van der Waals surface area contributed by atoms with Gasteiger partial charge in [-0.15, -0.1) is 0 Å². The molecule has 0 bridgehead atoms. The zero-order valence-electron chi connectivity index (χ0n) is 8.98. The van der Waals surface area contributed by atoms with Gasteiger partial charge >= 0.3 is 0 Å². The summed E-state index contributed by atoms with van der Waals surface area (Å²) in [6, 6.07) is 3.54. The topological polar surface area (TPSA) is 60.0 Å². The Labute approximate surface area is 99.8 Å². The molecular weight excluding hydrogens is 222 g/mol. The fourth-order valence-electron chi connectivity index (χ4n) is 2.06. The summed E-state index contributed by atoms with van der Waals surface area (Å²) in [7, 11) is 0. The Hall–Kier alpha value is -1.36. The highest BCUT2D eigenvalue weighted by atomic mass is 32.1. The molecular formula is C11H15N3OS. The first-order valence-electron chi connectivity index (χ1n) is 5.44. The monoisotopic (exact) mass is 237 g/mol. The maximum Gasteiger partial charge on any atom is 0.243 e. The molecule has 0 aliphatic carbocycles. The minimum atomic E-state index is -0.172. The Morgan fingerprint density at radius 2 is 2.38 bits per heavy atom. The summed E-state index contributed by atoms with van der Waals surface area (Å²) in [5.41, 5.74) is 6.39. The summed E-state index contributed by atoms with van der Waals surface area (Å²) in [6.45, 7) is 0.763. The van der Waals surface area contributed by atoms with Gasteiger partial charge < -0.3 is 15.6 Å². The normalized spacial score (nSPS) is 21.2. The van der Waals surface area contributed by atoms with Gasteiger partial charge in [0.25, 0.3) is 0 Å². The van der Waals surface area contributed by atoms with Gasteiger partial charge in [0.1, 0.15) is 11.0 Å². The molecule has 1 aliphatic rings. The minimum Gasteiger partial charge on any atom is -0.388 e. The summed E-state index contributed by atoms with van der Waals surface area (Å²) in [4.78, 5) is 12.2. The van der Waals surface area contributed by atoms with Gasteiger partial charge in [0.15, 0.2) is 0 Å². The smallest absolute Gasteiger partial charge is 0.243 e. The van der Waals surface area contributed by atoms with E-state index in [1.165, 1.54) is 0 Å². The van der Waals surface area contributed by atoms with Crippen LogP contribution in [-0.2, 0) is 4.79 Å². The predicted molar refractivity (Wildman–Crippen MR) is 66.2 cm³/mol. The molecule has 1 aromatic rings. The van der Waals surface area contributed by atoms with Crippen molar-refractivity contribution in [2.75, 3.05) is 6.54 Å². The number of amides is 1. The van der Waals surface area contributed by atoms with Gasteiger partial charge in [0.05, 0.1) is 5.69 Å². The van der Waals surface area contributed by atoms with Gasteiger partial charge in [0, 0.05) is 12.7 Å². The van der Waals surface area contributed by atoms with E-state index in [4.69, 9.17) is 18.0 Å². The molecule has 0 spiro atoms. The van der Waals surface area contributed by atoms with Crippen molar-refractivity contribution >= 4 is 23.1 Å². The van der Waals surface area contributed by atoms with Crippen LogP contribution in [0.1, 0.15) is 31.0 Å². The van der Waals surface area contributed by atoms with Crippen LogP contribution in [0.3, 0.4) is 0 Å². The number of thiocarbonyl (C=S) groups is 1. The van der Waals surface area contributed by atoms with Crippen LogP contribution in [0.5, 0.6) is 0 Å². The number of nitrogens with one attached hydrogen (secondary N) is 1. The van der Waals surface area contributed by atoms with E-state index in [1.807, 2.05) is 22.9 Å². The fourth-order valence-corrected chi connectivity index (χ4v) is 2.24. The lowest BCUT2D eigenvalue weighted by Gasteiger charge is -2.18. The first kappa shape index (κ1) is 11.1. The van der Waals surface area contributed by atoms with Crippen molar-refractivity contribution in [1.29, 1.82) is 0 Å². The molecule has 1 amide bonds. The van der Waals surface area contributed by atoms with Crippen molar-refractivity contribution in [2.45, 2.75) is 25.3 Å². The number of carbonyl (C=O) groups excluding carboxylic acids is 1. The molecule has 0 aromatic carbocycles. The first-order valence-corrected chi connectivity index (χ1v) is 5.85. The van der Waals surface area contributed by atoms with E-state index in [-0.39, 0.29) is 11.9 Å². The van der Waals surface area contributed by atoms with Gasteiger partial charge in [-0.2, -0.15) is 0 Å². The Kier molecular flexibility index (Phi) is 3.24. The lowest BCUT2D eigenvalue weighted by molar-refractivity contribution is -0.124. The van der Waals surface area contributed by atoms with Crippen LogP contribution in [0.15, 0.2) is 18.3 Å². The molecule has 3 N–H and O–H groups in total. The van der Waals surface area contributed by atoms with Crippen LogP contribution < -0.4 is 11.1 Å². The molecule has 2 rings (SSSR count). The molecule has 1 atom stereocenters. The maximum absolute atomic E-state index is 11.9. The van der Waals surface area contributed by atoms with Gasteiger partial charge in [-0.25, -0.2) is 0 Å². The number of hydrogen-bond acceptors (Lipinski definition) is 2. The lowest BCUT2D eigenvalue weighted by atomic mass is 10.1. The van der Waals surface area contributed by atoms with E-state index in [2.05, 4.69) is 5.32 Å². The predicted octanol–water partition coefficient (Wildman–Crippen LogP) is 0.963. The van der Waals surface area contributed by atoms with Crippen LogP contribution >= 0.6 is 12.2 Å². The van der Waals surface area contributed by atoms with Crippen molar-refractivity contribution in [2.24, 2.45) is 5.73 Å². The molecule has 2 heterocycles. The van der Waals surface area contributed by atoms with E-state index in [1.54, 1.807) is 0 Å². The van der Waals surface area contributed by atoms with Crippen molar-refractivity contribution in [1.82, 2.24) is 9.88 Å². The second-order valence-electron chi connectivity index (χ2n) is 3.97. The molecule has 0 saturated carbocycles. The minimum absolute atomic E-state index is 0.0613. The standard InChI is InChI=1S/C11H15N3OS/c12-10(16)8-5-3-7-14(8)9-4-1-2-6-13-11(9)15/h3,5,7,9H,1-2,4,6H2,(H2,12,16)(H,13,15). The van der Waals surface area contributed by atoms with E-state index in [0.717, 1.165) is 31.5 Å². The van der Waals surface area contributed by atoms with Gasteiger partial charge in [-0.1, -0.05) is 12.2 Å². The Morgan fingerprint density at radius 3 is 3.12 bits per heavy atom. The second-order valence-corrected chi connectivity index (χ2v) is 4.41. The summed E-state index contributed by atoms with van der Waals surface area (Å²) >= 11 is 4.97. The average Bonchev–Trinajstić information content (AvgIpc) is 2.63. The van der Waals surface area contributed by atoms with E-state index < -0.39 is 0 Å². The Morgan fingerprint density at radius 1 is 1.56 bits per heavy atom. The molecule has 1 saturated heterocycles. The molecule has 0 radical (unpaired) electrons. The zero-order chi connectivity index (χ0) is 11.5. The van der Waals surface area contributed by atoms with Gasteiger partial charge in [-0.3, -0.25) is 4.79 Å².